The predicted molar refractivity (Wildman–Crippen MR) is 145 cm³/mol. The minimum Gasteiger partial charge on any atom is -0.469 e. The zero-order chi connectivity index (χ0) is 25.4. The number of anilines is 3. The summed E-state index contributed by atoms with van der Waals surface area (Å²) in [7, 11) is 0. The number of nitrogens with one attached hydrogen (secondary N) is 2. The summed E-state index contributed by atoms with van der Waals surface area (Å²) in [5.74, 6) is 0.665. The van der Waals surface area contributed by atoms with Crippen molar-refractivity contribution in [1.82, 2.24) is 0 Å². The topological polar surface area (TPSA) is 74.6 Å². The fraction of sp³-hybridized carbons (Fsp3) is 0.133. The number of allylic oxidation sites excluding steroid dienone is 1. The van der Waals surface area contributed by atoms with Crippen molar-refractivity contribution in [3.05, 3.63) is 125 Å². The van der Waals surface area contributed by atoms with Gasteiger partial charge in [0, 0.05) is 34.3 Å². The molecule has 7 heteroatoms. The predicted octanol–water partition coefficient (Wildman–Crippen LogP) is 7.54. The minimum atomic E-state index is -0.655. The first kappa shape index (κ1) is 23.1. The van der Waals surface area contributed by atoms with Crippen LogP contribution in [0.2, 0.25) is 5.02 Å². The molecule has 6 nitrogen and oxygen atoms in total. The molecule has 2 amide bonds. The summed E-state index contributed by atoms with van der Waals surface area (Å²) in [5, 5.41) is 7.11. The molecule has 1 aromatic heterocycles. The average molecular weight is 510 g/mol. The van der Waals surface area contributed by atoms with Crippen LogP contribution in [0.25, 0.3) is 0 Å². The van der Waals surface area contributed by atoms with Crippen molar-refractivity contribution in [2.75, 3.05) is 15.5 Å². The van der Waals surface area contributed by atoms with E-state index in [1.165, 1.54) is 0 Å². The fourth-order valence-electron chi connectivity index (χ4n) is 5.20. The molecule has 0 spiro atoms. The van der Waals surface area contributed by atoms with E-state index in [4.69, 9.17) is 16.0 Å². The largest absolute Gasteiger partial charge is 0.469 e. The first-order chi connectivity index (χ1) is 18.1. The molecule has 0 bridgehead atoms. The number of hydrogen-bond acceptors (Lipinski definition) is 4. The molecule has 2 heterocycles. The molecule has 6 rings (SSSR count). The monoisotopic (exact) mass is 509 g/mol. The van der Waals surface area contributed by atoms with E-state index in [0.29, 0.717) is 34.8 Å². The highest BCUT2D eigenvalue weighted by Crippen LogP contribution is 2.47. The third-order valence-corrected chi connectivity index (χ3v) is 7.12. The summed E-state index contributed by atoms with van der Waals surface area (Å²) in [5.41, 5.74) is 4.25. The van der Waals surface area contributed by atoms with Crippen molar-refractivity contribution < 1.29 is 14.0 Å². The van der Waals surface area contributed by atoms with Crippen molar-refractivity contribution in [3.63, 3.8) is 0 Å². The maximum Gasteiger partial charge on any atom is 0.327 e. The summed E-state index contributed by atoms with van der Waals surface area (Å²) >= 11 is 6.22. The van der Waals surface area contributed by atoms with Gasteiger partial charge in [-0.1, -0.05) is 54.1 Å². The summed E-state index contributed by atoms with van der Waals surface area (Å²) in [6.45, 7) is 0. The Labute approximate surface area is 219 Å². The van der Waals surface area contributed by atoms with Crippen molar-refractivity contribution in [2.24, 2.45) is 0 Å². The first-order valence-corrected chi connectivity index (χ1v) is 12.5. The van der Waals surface area contributed by atoms with Crippen molar-refractivity contribution in [3.8, 4) is 0 Å². The number of hydrogen-bond donors (Lipinski definition) is 2. The number of amides is 2. The average Bonchev–Trinajstić information content (AvgIpc) is 3.40. The Kier molecular flexibility index (Phi) is 6.02. The zero-order valence-electron chi connectivity index (χ0n) is 19.9. The zero-order valence-corrected chi connectivity index (χ0v) is 20.6. The van der Waals surface area contributed by atoms with Crippen LogP contribution in [0.15, 0.2) is 113 Å². The number of ketones is 1. The maximum atomic E-state index is 14.0. The van der Waals surface area contributed by atoms with Crippen LogP contribution in [0.5, 0.6) is 0 Å². The third-order valence-electron chi connectivity index (χ3n) is 6.86. The number of benzene rings is 3. The minimum absolute atomic E-state index is 0.0274. The Hall–Kier alpha value is -4.29. The van der Waals surface area contributed by atoms with E-state index in [1.807, 2.05) is 78.9 Å². The van der Waals surface area contributed by atoms with Gasteiger partial charge in [0.15, 0.2) is 5.78 Å². The lowest BCUT2D eigenvalue weighted by molar-refractivity contribution is -0.116. The number of carbonyl (C=O) groups is 2. The third kappa shape index (κ3) is 4.41. The van der Waals surface area contributed by atoms with E-state index >= 15 is 0 Å². The Bertz CT molecular complexity index is 1480. The smallest absolute Gasteiger partial charge is 0.327 e. The van der Waals surface area contributed by atoms with Crippen LogP contribution < -0.4 is 15.5 Å². The molecular weight excluding hydrogens is 486 g/mol. The second kappa shape index (κ2) is 9.64. The van der Waals surface area contributed by atoms with E-state index < -0.39 is 6.04 Å². The molecule has 0 saturated carbocycles. The van der Waals surface area contributed by atoms with Crippen LogP contribution >= 0.6 is 11.6 Å². The number of fused-ring (bicyclic) bond motifs is 1. The number of nitrogens with zero attached hydrogens (tertiary/aromatic N) is 1. The number of para-hydroxylation sites is 3. The molecule has 0 unspecified atom stereocenters. The van der Waals surface area contributed by atoms with Crippen molar-refractivity contribution in [1.29, 1.82) is 0 Å². The van der Waals surface area contributed by atoms with Gasteiger partial charge in [-0.15, -0.1) is 0 Å². The van der Waals surface area contributed by atoms with Gasteiger partial charge >= 0.3 is 6.03 Å². The maximum absolute atomic E-state index is 14.0. The lowest BCUT2D eigenvalue weighted by atomic mass is 9.80. The van der Waals surface area contributed by atoms with Crippen LogP contribution in [0, 0.1) is 0 Å². The van der Waals surface area contributed by atoms with Gasteiger partial charge in [0.2, 0.25) is 0 Å². The molecule has 0 saturated heterocycles. The van der Waals surface area contributed by atoms with Crippen LogP contribution in [0.3, 0.4) is 0 Å². The van der Waals surface area contributed by atoms with Gasteiger partial charge in [0.05, 0.1) is 23.7 Å². The number of furan rings is 1. The molecule has 2 N–H and O–H groups in total. The van der Waals surface area contributed by atoms with Gasteiger partial charge in [-0.3, -0.25) is 9.69 Å². The first-order valence-electron chi connectivity index (χ1n) is 12.1. The molecule has 2 atom stereocenters. The number of urea groups is 1. The van der Waals surface area contributed by atoms with Gasteiger partial charge in [-0.25, -0.2) is 4.79 Å². The number of Topliss-reactive ketones (excluding diaryl/α,β-unsaturated/α-hetero) is 1. The van der Waals surface area contributed by atoms with Gasteiger partial charge in [0.25, 0.3) is 0 Å². The molecule has 3 aromatic carbocycles. The van der Waals surface area contributed by atoms with E-state index in [-0.39, 0.29) is 17.7 Å². The van der Waals surface area contributed by atoms with Crippen LogP contribution in [-0.4, -0.2) is 11.8 Å². The van der Waals surface area contributed by atoms with Gasteiger partial charge in [-0.05, 0) is 60.5 Å². The summed E-state index contributed by atoms with van der Waals surface area (Å²) in [4.78, 5) is 29.5. The van der Waals surface area contributed by atoms with E-state index in [9.17, 15) is 9.59 Å². The molecule has 1 aliphatic heterocycles. The van der Waals surface area contributed by atoms with Crippen molar-refractivity contribution >= 4 is 40.5 Å². The number of carbonyl (C=O) groups excluding carboxylic acids is 2. The molecule has 4 aromatic rings. The SMILES string of the molecule is O=C1C[C@H](c2ccco2)CC2=C1[C@H](c1ccc(Cl)cc1)N(C(=O)Nc1ccccc1)c1ccccc1N2. The summed E-state index contributed by atoms with van der Waals surface area (Å²) in [6, 6.07) is 27.0. The van der Waals surface area contributed by atoms with E-state index in [0.717, 1.165) is 22.7 Å². The Balaban J connectivity index is 1.52. The highest BCUT2D eigenvalue weighted by atomic mass is 35.5. The molecule has 184 valence electrons. The molecule has 0 fully saturated rings. The second-order valence-corrected chi connectivity index (χ2v) is 9.63. The van der Waals surface area contributed by atoms with Crippen molar-refractivity contribution in [2.45, 2.75) is 24.8 Å². The quantitative estimate of drug-likeness (QED) is 0.299. The van der Waals surface area contributed by atoms with E-state index in [2.05, 4.69) is 10.6 Å². The number of halogens is 1. The fourth-order valence-corrected chi connectivity index (χ4v) is 5.33. The molecule has 0 radical (unpaired) electrons. The van der Waals surface area contributed by atoms with Crippen LogP contribution in [0.4, 0.5) is 21.9 Å². The summed E-state index contributed by atoms with van der Waals surface area (Å²) < 4.78 is 5.66. The van der Waals surface area contributed by atoms with E-state index in [1.54, 1.807) is 23.3 Å². The normalized spacial score (nSPS) is 18.9. The van der Waals surface area contributed by atoms with Gasteiger partial charge < -0.3 is 15.1 Å². The van der Waals surface area contributed by atoms with Crippen LogP contribution in [-0.2, 0) is 4.79 Å². The highest BCUT2D eigenvalue weighted by Gasteiger charge is 2.42. The Morgan fingerprint density at radius 1 is 0.919 bits per heavy atom. The number of rotatable bonds is 3. The molecule has 2 aliphatic rings. The Morgan fingerprint density at radius 2 is 1.68 bits per heavy atom. The Morgan fingerprint density at radius 3 is 2.43 bits per heavy atom. The lowest BCUT2D eigenvalue weighted by Gasteiger charge is -2.34. The highest BCUT2D eigenvalue weighted by molar-refractivity contribution is 6.30. The van der Waals surface area contributed by atoms with Gasteiger partial charge in [-0.2, -0.15) is 0 Å². The van der Waals surface area contributed by atoms with Gasteiger partial charge in [0.1, 0.15) is 5.76 Å². The molecule has 1 aliphatic carbocycles. The van der Waals surface area contributed by atoms with Crippen LogP contribution in [0.1, 0.15) is 36.1 Å². The summed E-state index contributed by atoms with van der Waals surface area (Å²) in [6.07, 6.45) is 2.51. The standard InChI is InChI=1S/C30H24ClN3O3/c31-21-14-12-19(13-15-21)29-28-24(17-20(18-26(28)35)27-11-6-16-37-27)33-23-9-4-5-10-25(23)34(29)30(36)32-22-7-2-1-3-8-22/h1-16,20,29,33H,17-18H2,(H,32,36)/t20-,29+/m1/s1. The molecule has 37 heavy (non-hydrogen) atoms. The second-order valence-electron chi connectivity index (χ2n) is 9.20. The molecular formula is C30H24ClN3O3. The lowest BCUT2D eigenvalue weighted by Crippen LogP contribution is -2.41.